The number of carbonyl (C=O) groups is 1. The highest BCUT2D eigenvalue weighted by Gasteiger charge is 2.37. The van der Waals surface area contributed by atoms with Crippen molar-refractivity contribution in [2.75, 3.05) is 11.4 Å². The second kappa shape index (κ2) is 5.22. The second-order valence-corrected chi connectivity index (χ2v) is 7.26. The molecule has 1 amide bonds. The number of amides is 1. The van der Waals surface area contributed by atoms with Gasteiger partial charge in [0.2, 0.25) is 15.9 Å². The maximum Gasteiger partial charge on any atom is 0.228 e. The smallest absolute Gasteiger partial charge is 0.228 e. The summed E-state index contributed by atoms with van der Waals surface area (Å²) in [7, 11) is -3.68. The van der Waals surface area contributed by atoms with Crippen LogP contribution >= 0.6 is 15.9 Å². The number of benzene rings is 1. The largest absolute Gasteiger partial charge is 0.310 e. The molecule has 2 N–H and O–H groups in total. The number of carbonyl (C=O) groups excluding carboxylic acids is 1. The third-order valence-electron chi connectivity index (χ3n) is 3.27. The lowest BCUT2D eigenvalue weighted by Crippen LogP contribution is -2.32. The van der Waals surface area contributed by atoms with Gasteiger partial charge in [0, 0.05) is 17.4 Å². The number of sulfonamides is 1. The lowest BCUT2D eigenvalue weighted by molar-refractivity contribution is -0.117. The topological polar surface area (TPSA) is 80.5 Å². The van der Waals surface area contributed by atoms with Gasteiger partial charge in [-0.1, -0.05) is 13.0 Å². The first-order chi connectivity index (χ1) is 8.82. The molecule has 0 radical (unpaired) electrons. The van der Waals surface area contributed by atoms with Crippen LogP contribution in [0.3, 0.4) is 0 Å². The fourth-order valence-corrected chi connectivity index (χ4v) is 3.49. The van der Waals surface area contributed by atoms with Crippen LogP contribution in [0.2, 0.25) is 0 Å². The van der Waals surface area contributed by atoms with Crippen LogP contribution in [0.5, 0.6) is 0 Å². The van der Waals surface area contributed by atoms with Crippen molar-refractivity contribution in [1.82, 2.24) is 0 Å². The number of halogens is 1. The molecule has 0 bridgehead atoms. The zero-order valence-electron chi connectivity index (χ0n) is 10.5. The quantitative estimate of drug-likeness (QED) is 0.898. The van der Waals surface area contributed by atoms with Gasteiger partial charge in [0.05, 0.1) is 5.69 Å². The fourth-order valence-electron chi connectivity index (χ4n) is 2.12. The van der Waals surface area contributed by atoms with Gasteiger partial charge in [0.25, 0.3) is 0 Å². The molecule has 1 aromatic carbocycles. The number of nitrogens with zero attached hydrogens (tertiary/aromatic N) is 1. The highest BCUT2D eigenvalue weighted by atomic mass is 79.9. The van der Waals surface area contributed by atoms with Crippen molar-refractivity contribution in [3.05, 3.63) is 28.2 Å². The molecule has 0 aromatic heterocycles. The van der Waals surface area contributed by atoms with Crippen molar-refractivity contribution < 1.29 is 13.2 Å². The number of hydrogen-bond donors (Lipinski definition) is 1. The van der Waals surface area contributed by atoms with Crippen molar-refractivity contribution in [3.8, 4) is 0 Å². The molecule has 1 aliphatic heterocycles. The van der Waals surface area contributed by atoms with Gasteiger partial charge in [-0.05, 0) is 40.0 Å². The van der Waals surface area contributed by atoms with Crippen molar-refractivity contribution in [3.63, 3.8) is 0 Å². The number of primary sulfonamides is 1. The summed E-state index contributed by atoms with van der Waals surface area (Å²) in [6.07, 6.45) is 0.841. The lowest BCUT2D eigenvalue weighted by atomic mass is 10.1. The van der Waals surface area contributed by atoms with Gasteiger partial charge < -0.3 is 4.90 Å². The molecule has 1 atom stereocenters. The molecule has 19 heavy (non-hydrogen) atoms. The number of anilines is 1. The summed E-state index contributed by atoms with van der Waals surface area (Å²) >= 11 is 3.42. The Kier molecular flexibility index (Phi) is 3.98. The molecule has 1 aromatic rings. The number of nitrogens with two attached hydrogens (primary N) is 1. The van der Waals surface area contributed by atoms with E-state index in [0.29, 0.717) is 5.69 Å². The zero-order chi connectivity index (χ0) is 14.2. The standard InChI is InChI=1S/C12H15BrN2O3S/c1-2-8-3-4-11(10(13)5-8)15-7-9(6-12(15)16)19(14,17)18/h3-5,9H,2,6-7H2,1H3,(H2,14,17,18). The zero-order valence-corrected chi connectivity index (χ0v) is 12.9. The van der Waals surface area contributed by atoms with E-state index < -0.39 is 15.3 Å². The summed E-state index contributed by atoms with van der Waals surface area (Å²) in [4.78, 5) is 13.4. The monoisotopic (exact) mass is 346 g/mol. The highest BCUT2D eigenvalue weighted by molar-refractivity contribution is 9.10. The van der Waals surface area contributed by atoms with Crippen LogP contribution < -0.4 is 10.0 Å². The second-order valence-electron chi connectivity index (χ2n) is 4.56. The fraction of sp³-hybridized carbons (Fsp3) is 0.417. The molecule has 0 spiro atoms. The van der Waals surface area contributed by atoms with Gasteiger partial charge >= 0.3 is 0 Å². The molecule has 1 heterocycles. The Morgan fingerprint density at radius 1 is 1.47 bits per heavy atom. The average molecular weight is 347 g/mol. The van der Waals surface area contributed by atoms with Crippen molar-refractivity contribution in [2.45, 2.75) is 25.0 Å². The Labute approximate surface area is 121 Å². The lowest BCUT2D eigenvalue weighted by Gasteiger charge is -2.18. The number of hydrogen-bond acceptors (Lipinski definition) is 3. The van der Waals surface area contributed by atoms with E-state index in [2.05, 4.69) is 15.9 Å². The summed E-state index contributed by atoms with van der Waals surface area (Å²) in [5, 5.41) is 4.29. The Morgan fingerprint density at radius 3 is 2.63 bits per heavy atom. The molecule has 1 aliphatic rings. The third kappa shape index (κ3) is 2.98. The average Bonchev–Trinajstić information content (AvgIpc) is 2.71. The number of aryl methyl sites for hydroxylation is 1. The van der Waals surface area contributed by atoms with Gasteiger partial charge in [-0.2, -0.15) is 0 Å². The molecular weight excluding hydrogens is 332 g/mol. The summed E-state index contributed by atoms with van der Waals surface area (Å²) in [6, 6.07) is 5.69. The van der Waals surface area contributed by atoms with E-state index in [1.54, 1.807) is 0 Å². The van der Waals surface area contributed by atoms with Crippen LogP contribution in [0, 0.1) is 0 Å². The van der Waals surface area contributed by atoms with Gasteiger partial charge in [-0.3, -0.25) is 4.79 Å². The van der Waals surface area contributed by atoms with E-state index in [9.17, 15) is 13.2 Å². The summed E-state index contributed by atoms with van der Waals surface area (Å²) in [5.74, 6) is -0.219. The van der Waals surface area contributed by atoms with Gasteiger partial charge in [-0.15, -0.1) is 0 Å². The molecule has 1 unspecified atom stereocenters. The highest BCUT2D eigenvalue weighted by Crippen LogP contribution is 2.31. The SMILES string of the molecule is CCc1ccc(N2CC(S(N)(=O)=O)CC2=O)c(Br)c1. The summed E-state index contributed by atoms with van der Waals surface area (Å²) in [6.45, 7) is 2.15. The molecule has 0 aliphatic carbocycles. The number of rotatable bonds is 3. The van der Waals surface area contributed by atoms with Crippen LogP contribution in [0.1, 0.15) is 18.9 Å². The maximum atomic E-state index is 11.9. The van der Waals surface area contributed by atoms with E-state index in [1.165, 1.54) is 4.90 Å². The van der Waals surface area contributed by atoms with Crippen LogP contribution in [0.25, 0.3) is 0 Å². The first-order valence-corrected chi connectivity index (χ1v) is 8.33. The molecule has 0 saturated carbocycles. The predicted octanol–water partition coefficient (Wildman–Crippen LogP) is 1.41. The Balaban J connectivity index is 2.31. The van der Waals surface area contributed by atoms with Crippen LogP contribution in [-0.4, -0.2) is 26.1 Å². The van der Waals surface area contributed by atoms with Gasteiger partial charge in [0.1, 0.15) is 5.25 Å². The summed E-state index contributed by atoms with van der Waals surface area (Å²) in [5.41, 5.74) is 1.83. The van der Waals surface area contributed by atoms with Crippen molar-refractivity contribution in [1.29, 1.82) is 0 Å². The minimum atomic E-state index is -3.68. The molecule has 2 rings (SSSR count). The van der Waals surface area contributed by atoms with E-state index >= 15 is 0 Å². The molecule has 7 heteroatoms. The normalized spacial score (nSPS) is 20.1. The molecule has 104 valence electrons. The maximum absolute atomic E-state index is 11.9. The van der Waals surface area contributed by atoms with Gasteiger partial charge in [-0.25, -0.2) is 13.6 Å². The first kappa shape index (κ1) is 14.5. The van der Waals surface area contributed by atoms with Crippen molar-refractivity contribution in [2.24, 2.45) is 5.14 Å². The Morgan fingerprint density at radius 2 is 2.16 bits per heavy atom. The van der Waals surface area contributed by atoms with E-state index in [4.69, 9.17) is 5.14 Å². The minimum Gasteiger partial charge on any atom is -0.310 e. The third-order valence-corrected chi connectivity index (χ3v) is 5.15. The first-order valence-electron chi connectivity index (χ1n) is 5.93. The molecule has 1 fully saturated rings. The van der Waals surface area contributed by atoms with Crippen LogP contribution in [0.15, 0.2) is 22.7 Å². The molecule has 1 saturated heterocycles. The van der Waals surface area contributed by atoms with Gasteiger partial charge in [0.15, 0.2) is 0 Å². The summed E-state index contributed by atoms with van der Waals surface area (Å²) < 4.78 is 23.4. The van der Waals surface area contributed by atoms with Crippen LogP contribution in [-0.2, 0) is 21.2 Å². The van der Waals surface area contributed by atoms with E-state index in [1.807, 2.05) is 25.1 Å². The Hall–Kier alpha value is -0.920. The van der Waals surface area contributed by atoms with E-state index in [0.717, 1.165) is 16.5 Å². The minimum absolute atomic E-state index is 0.0548. The van der Waals surface area contributed by atoms with Crippen LogP contribution in [0.4, 0.5) is 5.69 Å². The van der Waals surface area contributed by atoms with Crippen molar-refractivity contribution >= 4 is 37.5 Å². The Bertz CT molecular complexity index is 615. The van der Waals surface area contributed by atoms with E-state index in [-0.39, 0.29) is 18.9 Å². The molecule has 5 nitrogen and oxygen atoms in total. The molecular formula is C12H15BrN2O3S. The predicted molar refractivity (Wildman–Crippen MR) is 77.4 cm³/mol.